The molecule has 72 valence electrons. The van der Waals surface area contributed by atoms with Gasteiger partial charge in [0.15, 0.2) is 0 Å². The molecule has 0 heterocycles. The Morgan fingerprint density at radius 2 is 1.33 bits per heavy atom. The molecule has 0 rings (SSSR count). The maximum absolute atomic E-state index is 9.08. The first-order valence-corrected chi connectivity index (χ1v) is 6.47. The van der Waals surface area contributed by atoms with E-state index >= 15 is 0 Å². The average Bonchev–Trinajstić information content (AvgIpc) is 1.59. The van der Waals surface area contributed by atoms with Crippen LogP contribution in [0.2, 0.25) is 0 Å². The summed E-state index contributed by atoms with van der Waals surface area (Å²) in [5.41, 5.74) is 0. The van der Waals surface area contributed by atoms with Gasteiger partial charge in [0.1, 0.15) is 0 Å². The van der Waals surface area contributed by atoms with Crippen LogP contribution in [0.5, 0.6) is 0 Å². The van der Waals surface area contributed by atoms with Crippen molar-refractivity contribution in [1.82, 2.24) is 0 Å². The molecule has 9 nitrogen and oxygen atoms in total. The van der Waals surface area contributed by atoms with E-state index in [0.717, 1.165) is 0 Å². The first-order valence-electron chi connectivity index (χ1n) is 1.50. The molecule has 0 fully saturated rings. The molecule has 3 N–H and O–H groups in total. The average molecular weight is 346 g/mol. The SMILES string of the molecule is O=S(=O)(O)OO.[KH].[O-][I+3]([O-])([O-])O. The summed E-state index contributed by atoms with van der Waals surface area (Å²) in [5, 5.41) is 7.06. The molecule has 0 spiro atoms. The molecule has 0 aliphatic carbocycles. The van der Waals surface area contributed by atoms with E-state index in [4.69, 9.17) is 32.0 Å². The zero-order chi connectivity index (χ0) is 9.71. The van der Waals surface area contributed by atoms with Crippen LogP contribution < -0.4 is 30.4 Å². The quantitative estimate of drug-likeness (QED) is 0.137. The molecule has 12 heavy (non-hydrogen) atoms. The van der Waals surface area contributed by atoms with Crippen molar-refractivity contribution in [2.75, 3.05) is 0 Å². The third-order valence-corrected chi connectivity index (χ3v) is 0.283. The van der Waals surface area contributed by atoms with E-state index in [2.05, 4.69) is 4.33 Å². The van der Waals surface area contributed by atoms with Gasteiger partial charge in [-0.15, -0.1) is 0 Å². The van der Waals surface area contributed by atoms with E-state index in [1.54, 1.807) is 0 Å². The molecule has 0 aromatic rings. The molecule has 0 aromatic carbocycles. The fourth-order valence-electron chi connectivity index (χ4n) is 0. The Balaban J connectivity index is -0.000000126. The van der Waals surface area contributed by atoms with E-state index in [1.807, 2.05) is 0 Å². The van der Waals surface area contributed by atoms with E-state index < -0.39 is 30.5 Å². The van der Waals surface area contributed by atoms with Crippen LogP contribution in [0.1, 0.15) is 0 Å². The van der Waals surface area contributed by atoms with Gasteiger partial charge in [0.2, 0.25) is 0 Å². The number of rotatable bonds is 1. The monoisotopic (exact) mass is 346 g/mol. The summed E-state index contributed by atoms with van der Waals surface area (Å²) in [4.78, 5) is 0. The van der Waals surface area contributed by atoms with Crippen LogP contribution in [0.3, 0.4) is 0 Å². The smallest absolute Gasteiger partial charge is 0.256 e. The van der Waals surface area contributed by atoms with Gasteiger partial charge in [0.25, 0.3) is 0 Å². The van der Waals surface area contributed by atoms with Crippen molar-refractivity contribution in [2.45, 2.75) is 0 Å². The summed E-state index contributed by atoms with van der Waals surface area (Å²) in [6, 6.07) is 0. The van der Waals surface area contributed by atoms with E-state index in [0.29, 0.717) is 0 Å². The number of hydrogen-bond donors (Lipinski definition) is 3. The minimum absolute atomic E-state index is 0. The maximum Gasteiger partial charge on any atom is 0.368 e. The summed E-state index contributed by atoms with van der Waals surface area (Å²) in [6.07, 6.45) is 0. The van der Waals surface area contributed by atoms with Crippen molar-refractivity contribution >= 4 is 61.8 Å². The predicted molar refractivity (Wildman–Crippen MR) is 24.6 cm³/mol. The zero-order valence-electron chi connectivity index (χ0n) is 4.58. The van der Waals surface area contributed by atoms with Crippen molar-refractivity contribution in [3.63, 3.8) is 0 Å². The largest absolute Gasteiger partial charge is 0.368 e. The molecule has 0 bridgehead atoms. The number of halogens is 1. The summed E-state index contributed by atoms with van der Waals surface area (Å²) in [7, 11) is -4.61. The first-order chi connectivity index (χ1) is 4.56. The van der Waals surface area contributed by atoms with Crippen molar-refractivity contribution in [3.05, 3.63) is 0 Å². The molecule has 0 aromatic heterocycles. The third kappa shape index (κ3) is 57.8. The van der Waals surface area contributed by atoms with E-state index in [1.165, 1.54) is 0 Å². The Morgan fingerprint density at radius 1 is 1.25 bits per heavy atom. The van der Waals surface area contributed by atoms with Crippen LogP contribution in [0, 0.1) is 0 Å². The standard InChI is InChI=1S/HIO4.K.H2O5S.H/c2-1(3,4)5;;1-5-6(2,3)4;/h2H;;1H,(H,2,3,4);. The maximum atomic E-state index is 9.08. The van der Waals surface area contributed by atoms with Crippen LogP contribution in [0.15, 0.2) is 0 Å². The normalized spacial score (nSPS) is 10.8. The Labute approximate surface area is 116 Å². The molecule has 0 unspecified atom stereocenters. The molecular formula is H4IKO9S. The van der Waals surface area contributed by atoms with Gasteiger partial charge < -0.3 is 0 Å². The molecule has 0 atom stereocenters. The predicted octanol–water partition coefficient (Wildman–Crippen LogP) is -8.49. The molecule has 0 radical (unpaired) electrons. The Bertz CT molecular complexity index is 169. The minimum Gasteiger partial charge on any atom is -0.256 e. The van der Waals surface area contributed by atoms with Crippen LogP contribution in [0.25, 0.3) is 0 Å². The van der Waals surface area contributed by atoms with E-state index in [-0.39, 0.29) is 51.4 Å². The summed E-state index contributed by atoms with van der Waals surface area (Å²) in [5.74, 6) is 0. The fraction of sp³-hybridized carbons (Fsp3) is 0. The summed E-state index contributed by atoms with van der Waals surface area (Å²) < 4.78 is 61.2. The second kappa shape index (κ2) is 8.35. The molecule has 0 aliphatic rings. The molecule has 0 saturated heterocycles. The summed E-state index contributed by atoms with van der Waals surface area (Å²) >= 11 is -5.69. The fourth-order valence-corrected chi connectivity index (χ4v) is 0. The Kier molecular flexibility index (Phi) is 13.6. The third-order valence-electron chi connectivity index (χ3n) is 0.0942. The Hall–Kier alpha value is 2.04. The molecular weight excluding hydrogens is 342 g/mol. The minimum atomic E-state index is -5.69. The molecule has 0 amide bonds. The van der Waals surface area contributed by atoms with Crippen molar-refractivity contribution in [1.29, 1.82) is 0 Å². The second-order valence-electron chi connectivity index (χ2n) is 0.898. The van der Waals surface area contributed by atoms with Gasteiger partial charge in [-0.2, -0.15) is 8.42 Å². The second-order valence-corrected chi connectivity index (χ2v) is 4.16. The van der Waals surface area contributed by atoms with Gasteiger partial charge >= 0.3 is 81.9 Å². The van der Waals surface area contributed by atoms with Crippen molar-refractivity contribution < 1.29 is 56.4 Å². The molecule has 0 aliphatic heterocycles. The van der Waals surface area contributed by atoms with Gasteiger partial charge in [0.05, 0.1) is 0 Å². The van der Waals surface area contributed by atoms with Crippen LogP contribution >= 0.6 is 0 Å². The molecule has 0 saturated carbocycles. The molecule has 12 heteroatoms. The van der Waals surface area contributed by atoms with Gasteiger partial charge in [-0.1, -0.05) is 4.33 Å². The topological polar surface area (TPSA) is 173 Å². The van der Waals surface area contributed by atoms with Crippen molar-refractivity contribution in [3.8, 4) is 0 Å². The van der Waals surface area contributed by atoms with Gasteiger partial charge in [-0.05, 0) is 0 Å². The zero-order valence-corrected chi connectivity index (χ0v) is 7.55. The Morgan fingerprint density at radius 3 is 1.33 bits per heavy atom. The van der Waals surface area contributed by atoms with Crippen molar-refractivity contribution in [2.24, 2.45) is 0 Å². The van der Waals surface area contributed by atoms with Gasteiger partial charge in [-0.3, -0.25) is 14.9 Å². The van der Waals surface area contributed by atoms with Gasteiger partial charge in [0, 0.05) is 3.44 Å². The van der Waals surface area contributed by atoms with Crippen LogP contribution in [0.4, 0.5) is 0 Å². The van der Waals surface area contributed by atoms with E-state index in [9.17, 15) is 0 Å². The van der Waals surface area contributed by atoms with Gasteiger partial charge in [-0.25, -0.2) is 5.26 Å². The van der Waals surface area contributed by atoms with Crippen LogP contribution in [-0.4, -0.2) is 73.0 Å². The summed E-state index contributed by atoms with van der Waals surface area (Å²) in [6.45, 7) is 0. The van der Waals surface area contributed by atoms with Crippen LogP contribution in [-0.2, 0) is 14.7 Å². The number of hydrogen-bond acceptors (Lipinski definition) is 8. The first kappa shape index (κ1) is 19.6.